The van der Waals surface area contributed by atoms with Crippen LogP contribution in [-0.4, -0.2) is 77.0 Å². The van der Waals surface area contributed by atoms with Gasteiger partial charge in [-0.05, 0) is 80.0 Å². The number of esters is 1. The number of nitrogens with zero attached hydrogens (tertiary/aromatic N) is 2. The van der Waals surface area contributed by atoms with E-state index in [0.29, 0.717) is 80.7 Å². The topological polar surface area (TPSA) is 147 Å². The molecule has 0 aromatic heterocycles. The first-order valence-corrected chi connectivity index (χ1v) is 22.5. The fourth-order valence-corrected chi connectivity index (χ4v) is 10.2. The van der Waals surface area contributed by atoms with Crippen LogP contribution in [0, 0.1) is 11.3 Å². The van der Waals surface area contributed by atoms with Crippen molar-refractivity contribution in [3.05, 3.63) is 95.1 Å². The minimum Gasteiger partial charge on any atom is -0.504 e. The van der Waals surface area contributed by atoms with E-state index in [1.54, 1.807) is 16.9 Å². The van der Waals surface area contributed by atoms with E-state index < -0.39 is 12.2 Å². The number of fused-ring (bicyclic) bond motifs is 4. The Bertz CT molecular complexity index is 1710. The summed E-state index contributed by atoms with van der Waals surface area (Å²) in [5, 5.41) is 25.6. The van der Waals surface area contributed by atoms with Gasteiger partial charge in [0.15, 0.2) is 17.5 Å². The number of phenols is 1. The van der Waals surface area contributed by atoms with Crippen molar-refractivity contribution in [1.82, 2.24) is 10.2 Å². The van der Waals surface area contributed by atoms with Crippen LogP contribution in [0.4, 0.5) is 0 Å². The number of carbonyl (C=O) groups excluding carboxylic acids is 2. The molecule has 1 fully saturated rings. The average molecular weight is 805 g/mol. The highest BCUT2D eigenvalue weighted by Gasteiger charge is 2.43. The van der Waals surface area contributed by atoms with Gasteiger partial charge in [0.05, 0.1) is 19.1 Å². The van der Waals surface area contributed by atoms with Crippen LogP contribution in [0.3, 0.4) is 0 Å². The number of nitrogens with one attached hydrogen (secondary N) is 1. The molecule has 0 radical (unpaired) electrons. The van der Waals surface area contributed by atoms with Gasteiger partial charge in [0, 0.05) is 56.1 Å². The number of aryl methyl sites for hydroxylation is 2. The number of hydrogen-bond donors (Lipinski definition) is 4. The molecule has 4 unspecified atom stereocenters. The lowest BCUT2D eigenvalue weighted by molar-refractivity contribution is -0.148. The number of amides is 1. The summed E-state index contributed by atoms with van der Waals surface area (Å²) >= 11 is 0. The molecular weight excluding hydrogens is 745 g/mol. The zero-order chi connectivity index (χ0) is 39.8. The number of aromatic hydroxyl groups is 1. The number of nitrogens with two attached hydrogens (primary N) is 1. The number of aliphatic hydroxyl groups excluding tert-OH is 1. The summed E-state index contributed by atoms with van der Waals surface area (Å²) in [4.78, 5) is 32.3. The highest BCUT2D eigenvalue weighted by Crippen LogP contribution is 2.41. The highest BCUT2D eigenvalue weighted by molar-refractivity contribution is 8.76. The van der Waals surface area contributed by atoms with Crippen molar-refractivity contribution in [3.63, 3.8) is 0 Å². The Morgan fingerprint density at radius 2 is 1.77 bits per heavy atom. The zero-order valence-corrected chi connectivity index (χ0v) is 34.6. The van der Waals surface area contributed by atoms with Gasteiger partial charge in [0.2, 0.25) is 5.91 Å². The van der Waals surface area contributed by atoms with Gasteiger partial charge in [0.25, 0.3) is 0 Å². The van der Waals surface area contributed by atoms with Crippen molar-refractivity contribution in [2.75, 3.05) is 31.8 Å². The summed E-state index contributed by atoms with van der Waals surface area (Å²) in [6.45, 7) is 2.74. The average Bonchev–Trinajstić information content (AvgIpc) is 3.48. The smallest absolute Gasteiger partial charge is 0.302 e. The molecule has 56 heavy (non-hydrogen) atoms. The van der Waals surface area contributed by atoms with Crippen molar-refractivity contribution in [2.45, 2.75) is 103 Å². The monoisotopic (exact) mass is 804 g/mol. The number of ether oxygens (including phenoxy) is 2. The first kappa shape index (κ1) is 43.3. The van der Waals surface area contributed by atoms with E-state index in [2.05, 4.69) is 52.8 Å². The molecule has 5 rings (SSSR count). The van der Waals surface area contributed by atoms with Crippen LogP contribution in [0.25, 0.3) is 0 Å². The van der Waals surface area contributed by atoms with E-state index >= 15 is 0 Å². The molecule has 0 aliphatic carbocycles. The maximum absolute atomic E-state index is 13.7. The van der Waals surface area contributed by atoms with Crippen molar-refractivity contribution in [3.8, 4) is 11.5 Å². The lowest BCUT2D eigenvalue weighted by atomic mass is 9.77. The molecule has 2 aliphatic rings. The molecule has 2 heterocycles. The Labute approximate surface area is 340 Å². The SMILES string of the molecule is COc1cc2cc(c1O)CN1CC(Cc3ccccc3)(CCNC(N)=NCSSCC(CCc3ccccc3)CCCCC(O)CC(OC(C)=O)CC2)CC1=O. The van der Waals surface area contributed by atoms with Crippen LogP contribution < -0.4 is 15.8 Å². The van der Waals surface area contributed by atoms with Gasteiger partial charge < -0.3 is 35.6 Å². The van der Waals surface area contributed by atoms with Crippen molar-refractivity contribution in [2.24, 2.45) is 22.1 Å². The highest BCUT2D eigenvalue weighted by atomic mass is 33.1. The first-order valence-electron chi connectivity index (χ1n) is 20.0. The van der Waals surface area contributed by atoms with Gasteiger partial charge in [-0.1, -0.05) is 101 Å². The number of rotatable bonds is 7. The van der Waals surface area contributed by atoms with Crippen LogP contribution in [-0.2, 0) is 40.1 Å². The third-order valence-corrected chi connectivity index (χ3v) is 13.2. The summed E-state index contributed by atoms with van der Waals surface area (Å²) in [6, 6.07) is 24.6. The fourth-order valence-electron chi connectivity index (χ4n) is 8.02. The van der Waals surface area contributed by atoms with E-state index in [9.17, 15) is 19.8 Å². The summed E-state index contributed by atoms with van der Waals surface area (Å²) < 4.78 is 11.3. The van der Waals surface area contributed by atoms with E-state index in [4.69, 9.17) is 15.2 Å². The molecule has 0 spiro atoms. The second-order valence-electron chi connectivity index (χ2n) is 15.5. The van der Waals surface area contributed by atoms with E-state index in [0.717, 1.165) is 55.4 Å². The normalized spacial score (nSPS) is 23.8. The van der Waals surface area contributed by atoms with E-state index in [-0.39, 0.29) is 29.6 Å². The maximum atomic E-state index is 13.7. The van der Waals surface area contributed by atoms with Gasteiger partial charge in [-0.25, -0.2) is 4.99 Å². The number of phenolic OH excluding ortho intramolecular Hbond substituents is 1. The van der Waals surface area contributed by atoms with Gasteiger partial charge in [-0.15, -0.1) is 0 Å². The van der Waals surface area contributed by atoms with Crippen LogP contribution >= 0.6 is 21.6 Å². The van der Waals surface area contributed by atoms with E-state index in [1.165, 1.54) is 19.6 Å². The number of guanidine groups is 1. The lowest BCUT2D eigenvalue weighted by Crippen LogP contribution is -2.37. The Hall–Kier alpha value is -3.87. The molecule has 4 atom stereocenters. The molecule has 4 bridgehead atoms. The zero-order valence-electron chi connectivity index (χ0n) is 33.0. The maximum Gasteiger partial charge on any atom is 0.302 e. The van der Waals surface area contributed by atoms with Crippen molar-refractivity contribution < 1.29 is 29.3 Å². The molecule has 0 saturated carbocycles. The quantitative estimate of drug-likeness (QED) is 0.141. The Balaban J connectivity index is 1.34. The van der Waals surface area contributed by atoms with Gasteiger partial charge in [-0.3, -0.25) is 9.59 Å². The van der Waals surface area contributed by atoms with Crippen molar-refractivity contribution >= 4 is 39.4 Å². The van der Waals surface area contributed by atoms with Crippen LogP contribution in [0.15, 0.2) is 77.8 Å². The standard InChI is InChI=1S/C44H60N4O6S2/c1-32(49)54-39-20-19-36-23-37(42(52)40(24-36)53-2)28-48-30-44(27-41(48)51,26-34-13-7-4-8-14-34)21-22-46-43(45)47-31-56-55-29-35(15-9-10-16-38(50)25-39)18-17-33-11-5-3-6-12-33/h3-8,11-14,23-24,35,38-39,50,52H,9-10,15-22,25-31H2,1-2H3,(H3,45,46,47). The second-order valence-corrected chi connectivity index (χ2v) is 18.0. The molecule has 304 valence electrons. The molecule has 5 N–H and O–H groups in total. The minimum absolute atomic E-state index is 0.00807. The second kappa shape index (κ2) is 22.2. The Morgan fingerprint density at radius 3 is 2.50 bits per heavy atom. The summed E-state index contributed by atoms with van der Waals surface area (Å²) in [5.41, 5.74) is 10.0. The Morgan fingerprint density at radius 1 is 1.04 bits per heavy atom. The molecule has 1 saturated heterocycles. The predicted molar refractivity (Wildman–Crippen MR) is 228 cm³/mol. The Kier molecular flexibility index (Phi) is 17.1. The first-order chi connectivity index (χ1) is 27.1. The number of benzene rings is 3. The molecule has 3 aromatic carbocycles. The van der Waals surface area contributed by atoms with Crippen LogP contribution in [0.5, 0.6) is 11.5 Å². The summed E-state index contributed by atoms with van der Waals surface area (Å²) in [5.74, 6) is 2.47. The summed E-state index contributed by atoms with van der Waals surface area (Å²) in [6.07, 6.45) is 7.89. The minimum atomic E-state index is -0.593. The predicted octanol–water partition coefficient (Wildman–Crippen LogP) is 7.43. The number of aliphatic imine (C=N–C) groups is 1. The van der Waals surface area contributed by atoms with Gasteiger partial charge in [0.1, 0.15) is 6.10 Å². The van der Waals surface area contributed by atoms with Crippen LogP contribution in [0.1, 0.15) is 87.0 Å². The lowest BCUT2D eigenvalue weighted by Gasteiger charge is -2.29. The number of hydrogen-bond acceptors (Lipinski definition) is 11. The van der Waals surface area contributed by atoms with E-state index in [1.807, 2.05) is 40.0 Å². The molecule has 2 aliphatic heterocycles. The third kappa shape index (κ3) is 14.0. The number of aliphatic hydroxyl groups is 1. The molecular formula is C44H60N4O6S2. The van der Waals surface area contributed by atoms with Gasteiger partial charge >= 0.3 is 5.97 Å². The number of methoxy groups -OCH3 is 1. The van der Waals surface area contributed by atoms with Gasteiger partial charge in [-0.2, -0.15) is 0 Å². The summed E-state index contributed by atoms with van der Waals surface area (Å²) in [7, 11) is 5.05. The third-order valence-electron chi connectivity index (χ3n) is 11.0. The fraction of sp³-hybridized carbons (Fsp3) is 0.523. The largest absolute Gasteiger partial charge is 0.504 e. The van der Waals surface area contributed by atoms with Crippen LogP contribution in [0.2, 0.25) is 0 Å². The molecule has 1 amide bonds. The number of carbonyl (C=O) groups is 2. The molecule has 10 nitrogen and oxygen atoms in total. The molecule has 12 heteroatoms. The van der Waals surface area contributed by atoms with Crippen molar-refractivity contribution in [1.29, 1.82) is 0 Å². The molecule has 3 aromatic rings.